The van der Waals surface area contributed by atoms with Crippen LogP contribution in [0.3, 0.4) is 0 Å². The third-order valence-electron chi connectivity index (χ3n) is 5.06. The minimum absolute atomic E-state index is 0.0851. The average molecular weight is 432 g/mol. The van der Waals surface area contributed by atoms with Crippen molar-refractivity contribution in [2.24, 2.45) is 4.99 Å². The van der Waals surface area contributed by atoms with Crippen LogP contribution in [0.2, 0.25) is 0 Å². The topological polar surface area (TPSA) is 110 Å². The fourth-order valence-corrected chi connectivity index (χ4v) is 3.49. The van der Waals surface area contributed by atoms with Gasteiger partial charge in [0.05, 0.1) is 6.04 Å². The van der Waals surface area contributed by atoms with Crippen LogP contribution in [-0.4, -0.2) is 33.5 Å². The number of anilines is 1. The van der Waals surface area contributed by atoms with Gasteiger partial charge in [-0.05, 0) is 44.8 Å². The van der Waals surface area contributed by atoms with E-state index in [1.807, 2.05) is 35.7 Å². The number of allylic oxidation sites excluding steroid dienone is 3. The number of rotatable bonds is 9. The second-order valence-electron chi connectivity index (χ2n) is 7.14. The van der Waals surface area contributed by atoms with Crippen molar-refractivity contribution in [2.75, 3.05) is 12.3 Å². The molecule has 0 radical (unpaired) electrons. The number of nitrogens with one attached hydrogen (secondary N) is 2. The summed E-state index contributed by atoms with van der Waals surface area (Å²) >= 11 is 0. The number of nitrogens with zero attached hydrogens (tertiary/aromatic N) is 4. The molecule has 1 aromatic carbocycles. The van der Waals surface area contributed by atoms with Crippen molar-refractivity contribution >= 4 is 24.0 Å². The number of nitrogen functional groups attached to an aromatic ring is 1. The monoisotopic (exact) mass is 431 g/mol. The van der Waals surface area contributed by atoms with E-state index in [-0.39, 0.29) is 11.9 Å². The molecule has 4 N–H and O–H groups in total. The van der Waals surface area contributed by atoms with Crippen molar-refractivity contribution < 1.29 is 4.79 Å². The van der Waals surface area contributed by atoms with E-state index in [0.29, 0.717) is 17.2 Å². The lowest BCUT2D eigenvalue weighted by Gasteiger charge is -2.14. The molecule has 3 rings (SSSR count). The van der Waals surface area contributed by atoms with Crippen molar-refractivity contribution in [1.82, 2.24) is 25.0 Å². The summed E-state index contributed by atoms with van der Waals surface area (Å²) in [5.41, 5.74) is 9.06. The molecule has 3 aromatic rings. The van der Waals surface area contributed by atoms with Gasteiger partial charge in [0.2, 0.25) is 0 Å². The molecule has 0 aliphatic carbocycles. The number of aliphatic imine (C=N–C) groups is 1. The first kappa shape index (κ1) is 22.9. The van der Waals surface area contributed by atoms with Gasteiger partial charge in [-0.15, -0.1) is 0 Å². The largest absolute Gasteiger partial charge is 0.382 e. The maximum absolute atomic E-state index is 12.6. The number of hydrogen-bond acceptors (Lipinski definition) is 6. The zero-order valence-electron chi connectivity index (χ0n) is 18.7. The molecule has 0 saturated heterocycles. The van der Waals surface area contributed by atoms with Crippen LogP contribution < -0.4 is 16.4 Å². The smallest absolute Gasteiger partial charge is 0.256 e. The Hall–Kier alpha value is -3.78. The van der Waals surface area contributed by atoms with Crippen LogP contribution in [0.25, 0.3) is 16.8 Å². The van der Waals surface area contributed by atoms with Crippen LogP contribution >= 0.6 is 0 Å². The molecule has 166 valence electrons. The lowest BCUT2D eigenvalue weighted by Crippen LogP contribution is -2.22. The van der Waals surface area contributed by atoms with Crippen LogP contribution in [0.1, 0.15) is 49.4 Å². The summed E-state index contributed by atoms with van der Waals surface area (Å²) in [6.07, 6.45) is 9.74. The predicted octanol–water partition coefficient (Wildman–Crippen LogP) is 3.89. The van der Waals surface area contributed by atoms with Gasteiger partial charge in [0.1, 0.15) is 28.7 Å². The Labute approximate surface area is 188 Å². The van der Waals surface area contributed by atoms with Gasteiger partial charge >= 0.3 is 0 Å². The van der Waals surface area contributed by atoms with Crippen LogP contribution in [-0.2, 0) is 0 Å². The number of aromatic nitrogens is 3. The van der Waals surface area contributed by atoms with Gasteiger partial charge in [-0.1, -0.05) is 38.1 Å². The number of amides is 1. The third kappa shape index (κ3) is 4.76. The standard InChI is InChI=1S/C24H29N7O/c1-5-8-9-19(26-4)29-24(32)17-12-10-16(11-13-17)20-21-22(25)28-14-15-31(21)23(30-20)18(6-2)27-7-3/h5,8-15,18,27H,4,6-7H2,1-3H3,(H2,25,28)(H,29,32)/b8-5-,19-9+. The number of carbonyl (C=O) groups excluding carboxylic acids is 1. The molecule has 1 amide bonds. The molecule has 2 heterocycles. The number of nitrogens with two attached hydrogens (primary N) is 1. The van der Waals surface area contributed by atoms with Crippen LogP contribution in [0.15, 0.2) is 65.7 Å². The van der Waals surface area contributed by atoms with Gasteiger partial charge in [-0.25, -0.2) is 15.0 Å². The van der Waals surface area contributed by atoms with Crippen molar-refractivity contribution in [3.05, 3.63) is 72.1 Å². The molecule has 1 atom stereocenters. The van der Waals surface area contributed by atoms with Crippen molar-refractivity contribution in [3.8, 4) is 11.3 Å². The zero-order valence-corrected chi connectivity index (χ0v) is 18.7. The van der Waals surface area contributed by atoms with Gasteiger partial charge in [-0.2, -0.15) is 0 Å². The highest BCUT2D eigenvalue weighted by atomic mass is 16.1. The van der Waals surface area contributed by atoms with Crippen LogP contribution in [0.4, 0.5) is 5.82 Å². The van der Waals surface area contributed by atoms with Gasteiger partial charge in [0.15, 0.2) is 0 Å². The molecular formula is C24H29N7O. The second-order valence-corrected chi connectivity index (χ2v) is 7.14. The summed E-state index contributed by atoms with van der Waals surface area (Å²) in [7, 11) is 0. The van der Waals surface area contributed by atoms with E-state index in [1.165, 1.54) is 0 Å². The van der Waals surface area contributed by atoms with Gasteiger partial charge in [-0.3, -0.25) is 9.20 Å². The molecule has 0 aliphatic rings. The number of hydrogen-bond donors (Lipinski definition) is 3. The summed E-state index contributed by atoms with van der Waals surface area (Å²) in [6, 6.07) is 7.30. The average Bonchev–Trinajstić information content (AvgIpc) is 3.21. The first-order valence-electron chi connectivity index (χ1n) is 10.6. The molecule has 1 unspecified atom stereocenters. The summed E-state index contributed by atoms with van der Waals surface area (Å²) in [5.74, 6) is 1.40. The second kappa shape index (κ2) is 10.5. The highest BCUT2D eigenvalue weighted by Crippen LogP contribution is 2.31. The van der Waals surface area contributed by atoms with E-state index in [9.17, 15) is 4.79 Å². The van der Waals surface area contributed by atoms with Crippen LogP contribution in [0.5, 0.6) is 0 Å². The van der Waals surface area contributed by atoms with Gasteiger partial charge in [0, 0.05) is 23.5 Å². The first-order valence-corrected chi connectivity index (χ1v) is 10.6. The van der Waals surface area contributed by atoms with E-state index < -0.39 is 0 Å². The Kier molecular flexibility index (Phi) is 7.51. The Balaban J connectivity index is 1.98. The first-order chi connectivity index (χ1) is 15.5. The molecule has 0 bridgehead atoms. The Morgan fingerprint density at radius 3 is 2.69 bits per heavy atom. The predicted molar refractivity (Wildman–Crippen MR) is 129 cm³/mol. The maximum Gasteiger partial charge on any atom is 0.256 e. The van der Waals surface area contributed by atoms with Crippen LogP contribution in [0, 0.1) is 0 Å². The molecule has 0 spiro atoms. The fourth-order valence-electron chi connectivity index (χ4n) is 3.49. The Bertz CT molecular complexity index is 1160. The van der Waals surface area contributed by atoms with E-state index >= 15 is 0 Å². The molecule has 0 fully saturated rings. The van der Waals surface area contributed by atoms with E-state index in [1.54, 1.807) is 30.5 Å². The number of carbonyl (C=O) groups is 1. The summed E-state index contributed by atoms with van der Waals surface area (Å²) in [6.45, 7) is 10.4. The lowest BCUT2D eigenvalue weighted by molar-refractivity contribution is 0.0965. The third-order valence-corrected chi connectivity index (χ3v) is 5.06. The summed E-state index contributed by atoms with van der Waals surface area (Å²) < 4.78 is 1.99. The fraction of sp³-hybridized carbons (Fsp3) is 0.250. The highest BCUT2D eigenvalue weighted by Gasteiger charge is 2.21. The van der Waals surface area contributed by atoms with E-state index in [0.717, 1.165) is 35.6 Å². The number of imidazole rings is 1. The quantitative estimate of drug-likeness (QED) is 0.352. The molecule has 0 saturated carbocycles. The molecule has 0 aliphatic heterocycles. The normalized spacial score (nSPS) is 12.9. The minimum Gasteiger partial charge on any atom is -0.382 e. The number of benzene rings is 1. The van der Waals surface area contributed by atoms with E-state index in [4.69, 9.17) is 10.7 Å². The van der Waals surface area contributed by atoms with Crippen molar-refractivity contribution in [2.45, 2.75) is 33.2 Å². The van der Waals surface area contributed by atoms with Crippen molar-refractivity contribution in [1.29, 1.82) is 0 Å². The van der Waals surface area contributed by atoms with Gasteiger partial charge < -0.3 is 16.4 Å². The lowest BCUT2D eigenvalue weighted by atomic mass is 10.1. The van der Waals surface area contributed by atoms with Gasteiger partial charge in [0.25, 0.3) is 5.91 Å². The summed E-state index contributed by atoms with van der Waals surface area (Å²) in [4.78, 5) is 25.6. The summed E-state index contributed by atoms with van der Waals surface area (Å²) in [5, 5.41) is 6.21. The highest BCUT2D eigenvalue weighted by molar-refractivity contribution is 5.96. The minimum atomic E-state index is -0.269. The Morgan fingerprint density at radius 2 is 2.06 bits per heavy atom. The molecular weight excluding hydrogens is 402 g/mol. The number of fused-ring (bicyclic) bond motifs is 1. The molecule has 2 aromatic heterocycles. The Morgan fingerprint density at radius 1 is 1.31 bits per heavy atom. The van der Waals surface area contributed by atoms with E-state index in [2.05, 4.69) is 41.2 Å². The maximum atomic E-state index is 12.6. The van der Waals surface area contributed by atoms with Crippen molar-refractivity contribution in [3.63, 3.8) is 0 Å². The zero-order chi connectivity index (χ0) is 23.1. The SMILES string of the molecule is C=N/C(=C\C=C/C)NC(=O)c1ccc(-c2nc(C(CC)NCC)n3ccnc(N)c23)cc1. The molecule has 8 heteroatoms. The molecule has 32 heavy (non-hydrogen) atoms. The molecule has 8 nitrogen and oxygen atoms in total.